The fourth-order valence-corrected chi connectivity index (χ4v) is 3.14. The lowest BCUT2D eigenvalue weighted by Gasteiger charge is -2.43. The average Bonchev–Trinajstić information content (AvgIpc) is 2.32. The minimum Gasteiger partial charge on any atom is -0.486 e. The van der Waals surface area contributed by atoms with Crippen LogP contribution in [0.25, 0.3) is 0 Å². The summed E-state index contributed by atoms with van der Waals surface area (Å²) in [5.41, 5.74) is 7.31. The Morgan fingerprint density at radius 1 is 1.18 bits per heavy atom. The number of benzene rings is 1. The molecule has 4 heteroatoms. The van der Waals surface area contributed by atoms with Crippen LogP contribution in [0.1, 0.15) is 24.8 Å². The first-order valence-electron chi connectivity index (χ1n) is 6.05. The van der Waals surface area contributed by atoms with Gasteiger partial charge in [0, 0.05) is 17.5 Å². The number of nitrogens with two attached hydrogens (primary N) is 1. The molecule has 1 heterocycles. The molecule has 3 rings (SSSR count). The van der Waals surface area contributed by atoms with Crippen LogP contribution in [0.3, 0.4) is 0 Å². The van der Waals surface area contributed by atoms with Gasteiger partial charge in [0.15, 0.2) is 11.5 Å². The Morgan fingerprint density at radius 2 is 1.88 bits per heavy atom. The molecule has 0 aromatic heterocycles. The molecule has 0 saturated heterocycles. The molecule has 2 N–H and O–H groups in total. The van der Waals surface area contributed by atoms with Gasteiger partial charge >= 0.3 is 0 Å². The van der Waals surface area contributed by atoms with Gasteiger partial charge in [-0.25, -0.2) is 0 Å². The third-order valence-electron chi connectivity index (χ3n) is 3.91. The van der Waals surface area contributed by atoms with Gasteiger partial charge in [-0.15, -0.1) is 0 Å². The second-order valence-corrected chi connectivity index (χ2v) is 5.64. The van der Waals surface area contributed by atoms with Gasteiger partial charge in [-0.2, -0.15) is 0 Å². The second kappa shape index (κ2) is 4.18. The number of ether oxygens (including phenoxy) is 2. The molecular weight excluding hydrogens is 282 g/mol. The lowest BCUT2D eigenvalue weighted by Crippen LogP contribution is -2.42. The van der Waals surface area contributed by atoms with Crippen LogP contribution < -0.4 is 15.2 Å². The predicted octanol–water partition coefficient (Wildman–Crippen LogP) is 2.60. The molecule has 0 atom stereocenters. The van der Waals surface area contributed by atoms with E-state index in [-0.39, 0.29) is 5.41 Å². The topological polar surface area (TPSA) is 44.5 Å². The molecule has 3 nitrogen and oxygen atoms in total. The van der Waals surface area contributed by atoms with E-state index in [0.29, 0.717) is 19.8 Å². The molecule has 0 bridgehead atoms. The Labute approximate surface area is 109 Å². The highest BCUT2D eigenvalue weighted by molar-refractivity contribution is 9.10. The molecule has 1 aliphatic heterocycles. The average molecular weight is 298 g/mol. The Hall–Kier alpha value is -0.740. The van der Waals surface area contributed by atoms with Gasteiger partial charge in [0.05, 0.1) is 4.47 Å². The van der Waals surface area contributed by atoms with Crippen molar-refractivity contribution in [2.75, 3.05) is 19.8 Å². The molecule has 92 valence electrons. The second-order valence-electron chi connectivity index (χ2n) is 4.79. The molecule has 0 radical (unpaired) electrons. The summed E-state index contributed by atoms with van der Waals surface area (Å²) in [6.07, 6.45) is 3.56. The summed E-state index contributed by atoms with van der Waals surface area (Å²) < 4.78 is 12.5. The number of halogens is 1. The summed E-state index contributed by atoms with van der Waals surface area (Å²) in [4.78, 5) is 0. The van der Waals surface area contributed by atoms with E-state index in [4.69, 9.17) is 15.2 Å². The van der Waals surface area contributed by atoms with E-state index < -0.39 is 0 Å². The van der Waals surface area contributed by atoms with Crippen LogP contribution in [0.4, 0.5) is 0 Å². The van der Waals surface area contributed by atoms with Crippen molar-refractivity contribution >= 4 is 15.9 Å². The van der Waals surface area contributed by atoms with Crippen LogP contribution in [0.15, 0.2) is 16.6 Å². The smallest absolute Gasteiger partial charge is 0.175 e. The lowest BCUT2D eigenvalue weighted by molar-refractivity contribution is 0.159. The minimum absolute atomic E-state index is 0.117. The van der Waals surface area contributed by atoms with Gasteiger partial charge in [0.2, 0.25) is 0 Å². The van der Waals surface area contributed by atoms with Crippen LogP contribution in [0, 0.1) is 0 Å². The number of rotatable bonds is 2. The molecule has 1 saturated carbocycles. The summed E-state index contributed by atoms with van der Waals surface area (Å²) in [6.45, 7) is 1.92. The van der Waals surface area contributed by atoms with Gasteiger partial charge in [0.25, 0.3) is 0 Å². The van der Waals surface area contributed by atoms with Crippen molar-refractivity contribution in [1.82, 2.24) is 0 Å². The van der Waals surface area contributed by atoms with E-state index >= 15 is 0 Å². The zero-order valence-corrected chi connectivity index (χ0v) is 11.3. The van der Waals surface area contributed by atoms with Crippen molar-refractivity contribution in [3.63, 3.8) is 0 Å². The molecule has 1 fully saturated rings. The summed E-state index contributed by atoms with van der Waals surface area (Å²) in [5.74, 6) is 1.74. The van der Waals surface area contributed by atoms with Gasteiger partial charge in [0.1, 0.15) is 13.2 Å². The Bertz CT molecular complexity index is 438. The van der Waals surface area contributed by atoms with Crippen LogP contribution in [0.2, 0.25) is 0 Å². The minimum atomic E-state index is 0.117. The lowest BCUT2D eigenvalue weighted by atomic mass is 9.64. The van der Waals surface area contributed by atoms with Crippen molar-refractivity contribution in [2.45, 2.75) is 24.7 Å². The molecular formula is C13H16BrNO2. The van der Waals surface area contributed by atoms with Crippen molar-refractivity contribution in [1.29, 1.82) is 0 Å². The van der Waals surface area contributed by atoms with E-state index in [1.165, 1.54) is 12.0 Å². The van der Waals surface area contributed by atoms with Crippen molar-refractivity contribution in [3.05, 3.63) is 22.2 Å². The van der Waals surface area contributed by atoms with E-state index in [9.17, 15) is 0 Å². The fourth-order valence-electron chi connectivity index (χ4n) is 2.71. The molecule has 0 amide bonds. The van der Waals surface area contributed by atoms with Gasteiger partial charge in [-0.05, 0) is 34.8 Å². The standard InChI is InChI=1S/C13H16BrNO2/c14-10-3-2-9(13(8-15)4-1-5-13)11-12(10)17-7-6-16-11/h2-3H,1,4-8,15H2. The zero-order chi connectivity index (χ0) is 11.9. The van der Waals surface area contributed by atoms with E-state index in [0.717, 1.165) is 28.8 Å². The Morgan fingerprint density at radius 3 is 2.47 bits per heavy atom. The molecule has 2 aliphatic rings. The quantitative estimate of drug-likeness (QED) is 0.913. The van der Waals surface area contributed by atoms with E-state index in [2.05, 4.69) is 22.0 Å². The molecule has 1 aromatic carbocycles. The first-order valence-corrected chi connectivity index (χ1v) is 6.85. The van der Waals surface area contributed by atoms with Crippen LogP contribution in [-0.2, 0) is 5.41 Å². The fraction of sp³-hybridized carbons (Fsp3) is 0.538. The number of hydrogen-bond donors (Lipinski definition) is 1. The maximum atomic E-state index is 5.96. The Kier molecular flexibility index (Phi) is 2.79. The third kappa shape index (κ3) is 1.66. The first-order chi connectivity index (χ1) is 8.27. The van der Waals surface area contributed by atoms with Gasteiger partial charge < -0.3 is 15.2 Å². The van der Waals surface area contributed by atoms with Gasteiger partial charge in [-0.1, -0.05) is 12.5 Å². The van der Waals surface area contributed by atoms with Crippen molar-refractivity contribution < 1.29 is 9.47 Å². The third-order valence-corrected chi connectivity index (χ3v) is 4.54. The SMILES string of the molecule is NCC1(c2ccc(Br)c3c2OCCO3)CCC1. The highest BCUT2D eigenvalue weighted by atomic mass is 79.9. The first kappa shape index (κ1) is 11.4. The highest BCUT2D eigenvalue weighted by Crippen LogP contribution is 2.51. The van der Waals surface area contributed by atoms with Crippen molar-refractivity contribution in [2.24, 2.45) is 5.73 Å². The summed E-state index contributed by atoms with van der Waals surface area (Å²) in [7, 11) is 0. The van der Waals surface area contributed by atoms with E-state index in [1.54, 1.807) is 0 Å². The number of fused-ring (bicyclic) bond motifs is 1. The maximum Gasteiger partial charge on any atom is 0.175 e. The molecule has 1 aromatic rings. The molecule has 0 spiro atoms. The predicted molar refractivity (Wildman–Crippen MR) is 69.7 cm³/mol. The Balaban J connectivity index is 2.11. The zero-order valence-electron chi connectivity index (χ0n) is 9.67. The summed E-state index contributed by atoms with van der Waals surface area (Å²) >= 11 is 3.51. The van der Waals surface area contributed by atoms with Crippen LogP contribution in [0.5, 0.6) is 11.5 Å². The molecule has 0 unspecified atom stereocenters. The monoisotopic (exact) mass is 297 g/mol. The summed E-state index contributed by atoms with van der Waals surface area (Å²) in [5, 5.41) is 0. The largest absolute Gasteiger partial charge is 0.486 e. The van der Waals surface area contributed by atoms with Crippen LogP contribution in [-0.4, -0.2) is 19.8 Å². The molecule has 17 heavy (non-hydrogen) atoms. The molecule has 1 aliphatic carbocycles. The number of hydrogen-bond acceptors (Lipinski definition) is 3. The maximum absolute atomic E-state index is 5.96. The van der Waals surface area contributed by atoms with Crippen LogP contribution >= 0.6 is 15.9 Å². The normalized spacial score (nSPS) is 20.8. The summed E-state index contributed by atoms with van der Waals surface area (Å²) in [6, 6.07) is 4.17. The van der Waals surface area contributed by atoms with E-state index in [1.807, 2.05) is 6.07 Å². The highest BCUT2D eigenvalue weighted by Gasteiger charge is 2.41. The van der Waals surface area contributed by atoms with Crippen molar-refractivity contribution in [3.8, 4) is 11.5 Å². The van der Waals surface area contributed by atoms with Gasteiger partial charge in [-0.3, -0.25) is 0 Å².